The highest BCUT2D eigenvalue weighted by Crippen LogP contribution is 2.42. The van der Waals surface area contributed by atoms with E-state index in [1.54, 1.807) is 10.4 Å². The minimum atomic E-state index is 0.588. The lowest BCUT2D eigenvalue weighted by atomic mass is 9.73. The topological polar surface area (TPSA) is 12.0 Å². The van der Waals surface area contributed by atoms with Gasteiger partial charge in [-0.05, 0) is 48.7 Å². The minimum Gasteiger partial charge on any atom is -0.312 e. The molecule has 0 aliphatic heterocycles. The molecule has 2 rings (SSSR count). The Labute approximate surface area is 116 Å². The summed E-state index contributed by atoms with van der Waals surface area (Å²) in [6.07, 6.45) is 8.22. The van der Waals surface area contributed by atoms with Crippen molar-refractivity contribution in [3.8, 4) is 0 Å². The lowest BCUT2D eigenvalue weighted by Gasteiger charge is -2.37. The van der Waals surface area contributed by atoms with Crippen LogP contribution in [-0.4, -0.2) is 7.05 Å². The zero-order valence-corrected chi connectivity index (χ0v) is 12.9. The summed E-state index contributed by atoms with van der Waals surface area (Å²) in [7, 11) is 2.14. The highest BCUT2D eigenvalue weighted by atomic mass is 32.1. The van der Waals surface area contributed by atoms with Crippen molar-refractivity contribution in [3.05, 3.63) is 21.9 Å². The van der Waals surface area contributed by atoms with Crippen LogP contribution in [0.3, 0.4) is 0 Å². The van der Waals surface area contributed by atoms with Gasteiger partial charge < -0.3 is 5.32 Å². The van der Waals surface area contributed by atoms with Crippen LogP contribution in [0, 0.1) is 11.8 Å². The molecule has 0 aromatic carbocycles. The lowest BCUT2D eigenvalue weighted by Crippen LogP contribution is -2.32. The maximum absolute atomic E-state index is 3.62. The molecule has 18 heavy (non-hydrogen) atoms. The van der Waals surface area contributed by atoms with Crippen LogP contribution < -0.4 is 5.32 Å². The van der Waals surface area contributed by atoms with E-state index < -0.39 is 0 Å². The van der Waals surface area contributed by atoms with Gasteiger partial charge in [0.15, 0.2) is 0 Å². The highest BCUT2D eigenvalue weighted by molar-refractivity contribution is 7.10. The maximum atomic E-state index is 3.62. The van der Waals surface area contributed by atoms with Crippen LogP contribution in [0.4, 0.5) is 0 Å². The van der Waals surface area contributed by atoms with Crippen molar-refractivity contribution in [2.24, 2.45) is 11.8 Å². The average molecular weight is 265 g/mol. The van der Waals surface area contributed by atoms with Gasteiger partial charge in [0.25, 0.3) is 0 Å². The first-order valence-corrected chi connectivity index (χ1v) is 8.43. The summed E-state index contributed by atoms with van der Waals surface area (Å²) >= 11 is 1.95. The fraction of sp³-hybridized carbons (Fsp3) is 0.750. The van der Waals surface area contributed by atoms with Crippen molar-refractivity contribution >= 4 is 11.3 Å². The van der Waals surface area contributed by atoms with Gasteiger partial charge >= 0.3 is 0 Å². The molecule has 1 aromatic rings. The van der Waals surface area contributed by atoms with Gasteiger partial charge in [0, 0.05) is 10.9 Å². The molecule has 1 nitrogen and oxygen atoms in total. The van der Waals surface area contributed by atoms with Crippen LogP contribution in [0.5, 0.6) is 0 Å². The summed E-state index contributed by atoms with van der Waals surface area (Å²) in [6.45, 7) is 4.64. The fourth-order valence-electron chi connectivity index (χ4n) is 3.63. The molecule has 1 aliphatic rings. The molecule has 1 aromatic heterocycles. The first-order valence-electron chi connectivity index (χ1n) is 7.55. The Morgan fingerprint density at radius 2 is 2.11 bits per heavy atom. The maximum Gasteiger partial charge on any atom is 0.0446 e. The Hall–Kier alpha value is -0.340. The number of hydrogen-bond donors (Lipinski definition) is 1. The Morgan fingerprint density at radius 3 is 2.78 bits per heavy atom. The second kappa shape index (κ2) is 6.72. The molecule has 0 radical (unpaired) electrons. The zero-order valence-electron chi connectivity index (χ0n) is 12.0. The largest absolute Gasteiger partial charge is 0.312 e. The van der Waals surface area contributed by atoms with E-state index in [-0.39, 0.29) is 0 Å². The standard InChI is InChI=1S/C16H27NS/c1-4-12-8-6-7-9-14(12)15(17-3)16-13(5-2)10-11-18-16/h10-12,14-15,17H,4-9H2,1-3H3. The SMILES string of the molecule is CCc1ccsc1C(NC)C1CCCCC1CC. The highest BCUT2D eigenvalue weighted by Gasteiger charge is 2.32. The summed E-state index contributed by atoms with van der Waals surface area (Å²) in [6, 6.07) is 2.90. The van der Waals surface area contributed by atoms with Crippen molar-refractivity contribution in [1.29, 1.82) is 0 Å². The molecule has 1 fully saturated rings. The second-order valence-corrected chi connectivity index (χ2v) is 6.49. The van der Waals surface area contributed by atoms with Gasteiger partial charge in [-0.15, -0.1) is 11.3 Å². The van der Waals surface area contributed by atoms with Gasteiger partial charge in [-0.1, -0.05) is 39.5 Å². The smallest absolute Gasteiger partial charge is 0.0446 e. The average Bonchev–Trinajstić information content (AvgIpc) is 2.88. The van der Waals surface area contributed by atoms with Gasteiger partial charge in [0.2, 0.25) is 0 Å². The molecule has 0 saturated heterocycles. The molecule has 3 atom stereocenters. The van der Waals surface area contributed by atoms with E-state index in [9.17, 15) is 0 Å². The number of hydrogen-bond acceptors (Lipinski definition) is 2. The Kier molecular flexibility index (Phi) is 5.25. The van der Waals surface area contributed by atoms with E-state index in [0.717, 1.165) is 11.8 Å². The third-order valence-corrected chi connectivity index (χ3v) is 5.72. The molecular weight excluding hydrogens is 238 g/mol. The fourth-order valence-corrected chi connectivity index (χ4v) is 4.82. The number of rotatable bonds is 5. The van der Waals surface area contributed by atoms with Crippen LogP contribution in [-0.2, 0) is 6.42 Å². The molecule has 2 heteroatoms. The Bertz CT molecular complexity index is 358. The summed E-state index contributed by atoms with van der Waals surface area (Å²) in [5.74, 6) is 1.76. The molecule has 0 spiro atoms. The van der Waals surface area contributed by atoms with E-state index >= 15 is 0 Å². The van der Waals surface area contributed by atoms with Crippen LogP contribution in [0.2, 0.25) is 0 Å². The molecule has 1 aliphatic carbocycles. The van der Waals surface area contributed by atoms with Crippen LogP contribution in [0.1, 0.15) is 62.4 Å². The Morgan fingerprint density at radius 1 is 1.33 bits per heavy atom. The van der Waals surface area contributed by atoms with Crippen LogP contribution in [0.15, 0.2) is 11.4 Å². The monoisotopic (exact) mass is 265 g/mol. The first-order chi connectivity index (χ1) is 8.81. The number of thiophene rings is 1. The normalized spacial score (nSPS) is 26.2. The minimum absolute atomic E-state index is 0.588. The second-order valence-electron chi connectivity index (χ2n) is 5.55. The molecule has 102 valence electrons. The third kappa shape index (κ3) is 2.80. The molecule has 1 N–H and O–H groups in total. The summed E-state index contributed by atoms with van der Waals surface area (Å²) in [4.78, 5) is 1.60. The Balaban J connectivity index is 2.21. The summed E-state index contributed by atoms with van der Waals surface area (Å²) < 4.78 is 0. The molecule has 0 amide bonds. The van der Waals surface area contributed by atoms with Crippen molar-refractivity contribution in [2.45, 2.75) is 58.4 Å². The van der Waals surface area contributed by atoms with Crippen molar-refractivity contribution < 1.29 is 0 Å². The summed E-state index contributed by atoms with van der Waals surface area (Å²) in [5, 5.41) is 5.89. The first kappa shape index (κ1) is 14.1. The van der Waals surface area contributed by atoms with E-state index in [2.05, 4.69) is 37.7 Å². The quantitative estimate of drug-likeness (QED) is 0.807. The van der Waals surface area contributed by atoms with Gasteiger partial charge in [0.05, 0.1) is 0 Å². The molecule has 3 unspecified atom stereocenters. The van der Waals surface area contributed by atoms with Crippen LogP contribution in [0.25, 0.3) is 0 Å². The van der Waals surface area contributed by atoms with Crippen LogP contribution >= 0.6 is 11.3 Å². The van der Waals surface area contributed by atoms with E-state index in [0.29, 0.717) is 6.04 Å². The molecule has 1 saturated carbocycles. The zero-order chi connectivity index (χ0) is 13.0. The lowest BCUT2D eigenvalue weighted by molar-refractivity contribution is 0.182. The number of aryl methyl sites for hydroxylation is 1. The van der Waals surface area contributed by atoms with Crippen molar-refractivity contribution in [1.82, 2.24) is 5.32 Å². The predicted molar refractivity (Wildman–Crippen MR) is 81.2 cm³/mol. The van der Waals surface area contributed by atoms with Gasteiger partial charge in [-0.2, -0.15) is 0 Å². The molecule has 1 heterocycles. The summed E-state index contributed by atoms with van der Waals surface area (Å²) in [5.41, 5.74) is 1.56. The molecule has 0 bridgehead atoms. The molecular formula is C16H27NS. The van der Waals surface area contributed by atoms with Gasteiger partial charge in [-0.25, -0.2) is 0 Å². The number of nitrogens with one attached hydrogen (secondary N) is 1. The van der Waals surface area contributed by atoms with Gasteiger partial charge in [-0.3, -0.25) is 0 Å². The van der Waals surface area contributed by atoms with Crippen molar-refractivity contribution in [2.75, 3.05) is 7.05 Å². The van der Waals surface area contributed by atoms with E-state index in [1.165, 1.54) is 38.5 Å². The van der Waals surface area contributed by atoms with E-state index in [4.69, 9.17) is 0 Å². The predicted octanol–water partition coefficient (Wildman–Crippen LogP) is 4.79. The van der Waals surface area contributed by atoms with Crippen molar-refractivity contribution in [3.63, 3.8) is 0 Å². The van der Waals surface area contributed by atoms with E-state index in [1.807, 2.05) is 11.3 Å². The third-order valence-electron chi connectivity index (χ3n) is 4.68. The van der Waals surface area contributed by atoms with Gasteiger partial charge in [0.1, 0.15) is 0 Å².